The predicted molar refractivity (Wildman–Crippen MR) is 113 cm³/mol. The zero-order chi connectivity index (χ0) is 26.1. The van der Waals surface area contributed by atoms with E-state index in [1.807, 2.05) is 0 Å². The standard InChI is InChI=1S/C23H15F6N3O4/c24-22(25,26)14-3-1-2-13(10-14)16-8-9-17(34-16)19-18(20(30)36-32-19)21(33)31-11-12-4-6-15(7-5-12)35-23(27,28)29/h1-10H,11,30H2,(H,31,33). The minimum Gasteiger partial charge on any atom is -0.454 e. The quantitative estimate of drug-likeness (QED) is 0.307. The fraction of sp³-hybridized carbons (Fsp3) is 0.130. The van der Waals surface area contributed by atoms with Crippen molar-refractivity contribution in [2.24, 2.45) is 0 Å². The average Bonchev–Trinajstić information content (AvgIpc) is 3.44. The van der Waals surface area contributed by atoms with E-state index in [0.717, 1.165) is 24.3 Å². The molecule has 2 heterocycles. The van der Waals surface area contributed by atoms with Crippen molar-refractivity contribution >= 4 is 11.8 Å². The highest BCUT2D eigenvalue weighted by molar-refractivity contribution is 6.03. The van der Waals surface area contributed by atoms with Crippen LogP contribution in [0.2, 0.25) is 0 Å². The number of nitrogen functional groups attached to an aromatic ring is 1. The number of hydrogen-bond acceptors (Lipinski definition) is 6. The summed E-state index contributed by atoms with van der Waals surface area (Å²) < 4.78 is 90.2. The van der Waals surface area contributed by atoms with Gasteiger partial charge in [0.2, 0.25) is 5.88 Å². The number of amides is 1. The molecule has 0 aliphatic heterocycles. The van der Waals surface area contributed by atoms with E-state index in [0.29, 0.717) is 5.56 Å². The lowest BCUT2D eigenvalue weighted by Crippen LogP contribution is -2.23. The fourth-order valence-electron chi connectivity index (χ4n) is 3.24. The molecular formula is C23H15F6N3O4. The maximum Gasteiger partial charge on any atom is 0.573 e. The number of anilines is 1. The third kappa shape index (κ3) is 5.62. The first-order valence-corrected chi connectivity index (χ1v) is 10.1. The van der Waals surface area contributed by atoms with Crippen LogP contribution >= 0.6 is 0 Å². The number of nitrogens with zero attached hydrogens (tertiary/aromatic N) is 1. The Labute approximate surface area is 198 Å². The number of benzene rings is 2. The molecule has 0 unspecified atom stereocenters. The summed E-state index contributed by atoms with van der Waals surface area (Å²) in [6.07, 6.45) is -9.37. The molecule has 0 bridgehead atoms. The van der Waals surface area contributed by atoms with E-state index in [1.54, 1.807) is 0 Å². The van der Waals surface area contributed by atoms with E-state index in [-0.39, 0.29) is 40.8 Å². The highest BCUT2D eigenvalue weighted by Crippen LogP contribution is 2.35. The molecule has 0 fully saturated rings. The average molecular weight is 511 g/mol. The van der Waals surface area contributed by atoms with Crippen molar-refractivity contribution in [1.29, 1.82) is 0 Å². The van der Waals surface area contributed by atoms with Gasteiger partial charge >= 0.3 is 12.5 Å². The molecular weight excluding hydrogens is 496 g/mol. The summed E-state index contributed by atoms with van der Waals surface area (Å²) in [7, 11) is 0. The Kier molecular flexibility index (Phi) is 6.39. The van der Waals surface area contributed by atoms with E-state index in [2.05, 4.69) is 15.2 Å². The summed E-state index contributed by atoms with van der Waals surface area (Å²) in [5.41, 5.74) is 5.21. The van der Waals surface area contributed by atoms with Crippen LogP contribution in [0.5, 0.6) is 5.75 Å². The van der Waals surface area contributed by atoms with Gasteiger partial charge in [-0.2, -0.15) is 13.2 Å². The first kappa shape index (κ1) is 24.7. The number of alkyl halides is 6. The van der Waals surface area contributed by atoms with E-state index in [1.165, 1.54) is 36.4 Å². The van der Waals surface area contributed by atoms with Crippen molar-refractivity contribution in [3.8, 4) is 28.5 Å². The summed E-state index contributed by atoms with van der Waals surface area (Å²) in [5.74, 6) is -1.38. The minimum absolute atomic E-state index is 0.0154. The molecule has 0 aliphatic carbocycles. The van der Waals surface area contributed by atoms with Crippen LogP contribution in [-0.2, 0) is 12.7 Å². The fourth-order valence-corrected chi connectivity index (χ4v) is 3.24. The van der Waals surface area contributed by atoms with Crippen molar-refractivity contribution < 1.29 is 44.8 Å². The van der Waals surface area contributed by atoms with Gasteiger partial charge in [-0.1, -0.05) is 29.4 Å². The summed E-state index contributed by atoms with van der Waals surface area (Å²) >= 11 is 0. The first-order chi connectivity index (χ1) is 16.9. The monoisotopic (exact) mass is 511 g/mol. The number of nitrogens with one attached hydrogen (secondary N) is 1. The highest BCUT2D eigenvalue weighted by Gasteiger charge is 2.32. The number of aromatic nitrogens is 1. The van der Waals surface area contributed by atoms with Gasteiger partial charge in [-0.15, -0.1) is 13.2 Å². The SMILES string of the molecule is Nc1onc(-c2ccc(-c3cccc(C(F)(F)F)c3)o2)c1C(=O)NCc1ccc(OC(F)(F)F)cc1. The number of carbonyl (C=O) groups excluding carboxylic acids is 1. The van der Waals surface area contributed by atoms with Crippen molar-refractivity contribution in [2.45, 2.75) is 19.1 Å². The van der Waals surface area contributed by atoms with Gasteiger partial charge in [0.15, 0.2) is 11.5 Å². The van der Waals surface area contributed by atoms with Gasteiger partial charge in [0.25, 0.3) is 5.91 Å². The Morgan fingerprint density at radius 1 is 0.972 bits per heavy atom. The van der Waals surface area contributed by atoms with E-state index >= 15 is 0 Å². The molecule has 13 heteroatoms. The molecule has 0 radical (unpaired) electrons. The predicted octanol–water partition coefficient (Wildman–Crippen LogP) is 6.03. The van der Waals surface area contributed by atoms with E-state index in [4.69, 9.17) is 14.7 Å². The molecule has 0 saturated carbocycles. The van der Waals surface area contributed by atoms with E-state index < -0.39 is 29.8 Å². The molecule has 0 saturated heterocycles. The Morgan fingerprint density at radius 2 is 1.67 bits per heavy atom. The summed E-state index contributed by atoms with van der Waals surface area (Å²) in [6.45, 7) is -0.0805. The number of ether oxygens (including phenoxy) is 1. The molecule has 1 amide bonds. The number of nitrogens with two attached hydrogens (primary N) is 1. The molecule has 7 nitrogen and oxygen atoms in total. The van der Waals surface area contributed by atoms with Crippen molar-refractivity contribution in [3.63, 3.8) is 0 Å². The lowest BCUT2D eigenvalue weighted by atomic mass is 10.1. The molecule has 0 spiro atoms. The second-order valence-corrected chi connectivity index (χ2v) is 7.39. The summed E-state index contributed by atoms with van der Waals surface area (Å²) in [4.78, 5) is 12.7. The van der Waals surface area contributed by atoms with Gasteiger partial charge in [0.1, 0.15) is 17.1 Å². The van der Waals surface area contributed by atoms with Gasteiger partial charge in [-0.05, 0) is 42.0 Å². The van der Waals surface area contributed by atoms with Crippen LogP contribution in [0.3, 0.4) is 0 Å². The zero-order valence-electron chi connectivity index (χ0n) is 17.9. The van der Waals surface area contributed by atoms with Crippen molar-refractivity contribution in [2.75, 3.05) is 5.73 Å². The third-order valence-corrected chi connectivity index (χ3v) is 4.87. The smallest absolute Gasteiger partial charge is 0.454 e. The molecule has 188 valence electrons. The largest absolute Gasteiger partial charge is 0.573 e. The maximum atomic E-state index is 13.0. The highest BCUT2D eigenvalue weighted by atomic mass is 19.4. The summed E-state index contributed by atoms with van der Waals surface area (Å²) in [5, 5.41) is 6.25. The van der Waals surface area contributed by atoms with Crippen LogP contribution in [-0.4, -0.2) is 17.4 Å². The van der Waals surface area contributed by atoms with Crippen LogP contribution in [0, 0.1) is 0 Å². The molecule has 0 aliphatic rings. The van der Waals surface area contributed by atoms with Gasteiger partial charge in [0, 0.05) is 12.1 Å². The van der Waals surface area contributed by atoms with Gasteiger partial charge in [0.05, 0.1) is 5.56 Å². The molecule has 2 aromatic carbocycles. The Balaban J connectivity index is 1.50. The lowest BCUT2D eigenvalue weighted by molar-refractivity contribution is -0.274. The number of hydrogen-bond donors (Lipinski definition) is 2. The molecule has 4 rings (SSSR count). The molecule has 4 aromatic rings. The van der Waals surface area contributed by atoms with Crippen LogP contribution in [0.1, 0.15) is 21.5 Å². The molecule has 3 N–H and O–H groups in total. The topological polar surface area (TPSA) is 104 Å². The number of halogens is 6. The third-order valence-electron chi connectivity index (χ3n) is 4.87. The second kappa shape index (κ2) is 9.32. The van der Waals surface area contributed by atoms with Crippen LogP contribution in [0.25, 0.3) is 22.8 Å². The van der Waals surface area contributed by atoms with Gasteiger partial charge in [-0.25, -0.2) is 0 Å². The molecule has 36 heavy (non-hydrogen) atoms. The Bertz CT molecular complexity index is 1370. The van der Waals surface area contributed by atoms with Gasteiger partial charge < -0.3 is 24.7 Å². The minimum atomic E-state index is -4.83. The molecule has 0 atom stereocenters. The normalized spacial score (nSPS) is 11.9. The van der Waals surface area contributed by atoms with Crippen LogP contribution in [0.15, 0.2) is 69.6 Å². The van der Waals surface area contributed by atoms with Crippen LogP contribution in [0.4, 0.5) is 32.2 Å². The van der Waals surface area contributed by atoms with Crippen molar-refractivity contribution in [3.05, 3.63) is 77.4 Å². The Morgan fingerprint density at radius 3 is 2.33 bits per heavy atom. The number of furan rings is 1. The van der Waals surface area contributed by atoms with E-state index in [9.17, 15) is 31.1 Å². The maximum absolute atomic E-state index is 13.0. The zero-order valence-corrected chi connectivity index (χ0v) is 17.9. The number of carbonyl (C=O) groups is 1. The summed E-state index contributed by atoms with van der Waals surface area (Å²) in [6, 6.07) is 12.1. The first-order valence-electron chi connectivity index (χ1n) is 10.1. The Hall–Kier alpha value is -4.42. The lowest BCUT2D eigenvalue weighted by Gasteiger charge is -2.09. The molecule has 2 aromatic heterocycles. The number of rotatable bonds is 6. The van der Waals surface area contributed by atoms with Crippen molar-refractivity contribution in [1.82, 2.24) is 10.5 Å². The van der Waals surface area contributed by atoms with Gasteiger partial charge in [-0.3, -0.25) is 4.79 Å². The second-order valence-electron chi connectivity index (χ2n) is 7.39. The van der Waals surface area contributed by atoms with Crippen LogP contribution < -0.4 is 15.8 Å².